The van der Waals surface area contributed by atoms with E-state index in [2.05, 4.69) is 0 Å². The van der Waals surface area contributed by atoms with Gasteiger partial charge in [-0.05, 0) is 42.5 Å². The smallest absolute Gasteiger partial charge is 0.419 e. The number of para-hydroxylation sites is 2. The second-order valence-corrected chi connectivity index (χ2v) is 6.35. The lowest BCUT2D eigenvalue weighted by atomic mass is 10.1. The van der Waals surface area contributed by atoms with Crippen LogP contribution in [0.15, 0.2) is 72.8 Å². The zero-order chi connectivity index (χ0) is 23.5. The van der Waals surface area contributed by atoms with Gasteiger partial charge < -0.3 is 9.47 Å². The number of hydrogen-bond acceptors (Lipinski definition) is 4. The van der Waals surface area contributed by atoms with E-state index in [1.54, 1.807) is 0 Å². The summed E-state index contributed by atoms with van der Waals surface area (Å²) in [5.41, 5.74) is -2.96. The summed E-state index contributed by atoms with van der Waals surface area (Å²) in [5.74, 6) is -3.88. The van der Waals surface area contributed by atoms with Crippen LogP contribution in [0, 0.1) is 0 Å². The predicted molar refractivity (Wildman–Crippen MR) is 99.2 cm³/mol. The van der Waals surface area contributed by atoms with Gasteiger partial charge in [-0.25, -0.2) is 9.59 Å². The van der Waals surface area contributed by atoms with Crippen molar-refractivity contribution in [1.29, 1.82) is 0 Å². The molecular formula is C22H12F6O4. The van der Waals surface area contributed by atoms with E-state index in [0.29, 0.717) is 0 Å². The van der Waals surface area contributed by atoms with Crippen molar-refractivity contribution >= 4 is 11.9 Å². The van der Waals surface area contributed by atoms with E-state index in [4.69, 9.17) is 9.47 Å². The molecule has 0 fully saturated rings. The van der Waals surface area contributed by atoms with Gasteiger partial charge in [0.15, 0.2) is 0 Å². The average Bonchev–Trinajstić information content (AvgIpc) is 2.73. The maximum atomic E-state index is 13.1. The normalized spacial score (nSPS) is 11.7. The van der Waals surface area contributed by atoms with Gasteiger partial charge in [0.05, 0.1) is 22.3 Å². The Morgan fingerprint density at radius 3 is 1.31 bits per heavy atom. The molecule has 0 unspecified atom stereocenters. The van der Waals surface area contributed by atoms with Gasteiger partial charge in [-0.3, -0.25) is 0 Å². The molecule has 3 rings (SSSR count). The van der Waals surface area contributed by atoms with Gasteiger partial charge in [-0.15, -0.1) is 0 Å². The molecular weight excluding hydrogens is 442 g/mol. The summed E-state index contributed by atoms with van der Waals surface area (Å²) in [7, 11) is 0. The number of carbonyl (C=O) groups is 2. The highest BCUT2D eigenvalue weighted by atomic mass is 19.4. The highest BCUT2D eigenvalue weighted by molar-refractivity contribution is 5.96. The zero-order valence-corrected chi connectivity index (χ0v) is 15.8. The number of esters is 2. The molecule has 4 nitrogen and oxygen atoms in total. The van der Waals surface area contributed by atoms with Gasteiger partial charge in [-0.2, -0.15) is 26.3 Å². The van der Waals surface area contributed by atoms with E-state index in [1.807, 2.05) is 0 Å². The standard InChI is InChI=1S/C22H12F6O4/c23-21(24,25)15-8-1-3-10-17(15)31-19(29)13-6-5-7-14(12-13)20(30)32-18-11-4-2-9-16(18)22(26,27)28/h1-12H. The predicted octanol–water partition coefficient (Wildman–Crippen LogP) is 6.16. The van der Waals surface area contributed by atoms with E-state index < -0.39 is 46.9 Å². The highest BCUT2D eigenvalue weighted by Crippen LogP contribution is 2.37. The van der Waals surface area contributed by atoms with E-state index in [1.165, 1.54) is 30.3 Å². The minimum absolute atomic E-state index is 0.305. The summed E-state index contributed by atoms with van der Waals surface area (Å²) in [6, 6.07) is 12.6. The minimum atomic E-state index is -4.77. The van der Waals surface area contributed by atoms with Crippen molar-refractivity contribution in [1.82, 2.24) is 0 Å². The Labute approximate surface area is 177 Å². The van der Waals surface area contributed by atoms with Crippen LogP contribution in [0.5, 0.6) is 11.5 Å². The molecule has 0 amide bonds. The van der Waals surface area contributed by atoms with Crippen molar-refractivity contribution in [2.75, 3.05) is 0 Å². The summed E-state index contributed by atoms with van der Waals surface area (Å²) in [5, 5.41) is 0. The molecule has 0 aliphatic rings. The maximum absolute atomic E-state index is 13.1. The van der Waals surface area contributed by atoms with Gasteiger partial charge in [0, 0.05) is 0 Å². The molecule has 32 heavy (non-hydrogen) atoms. The monoisotopic (exact) mass is 454 g/mol. The molecule has 0 N–H and O–H groups in total. The van der Waals surface area contributed by atoms with Gasteiger partial charge >= 0.3 is 24.3 Å². The maximum Gasteiger partial charge on any atom is 0.419 e. The van der Waals surface area contributed by atoms with Gasteiger partial charge in [0.2, 0.25) is 0 Å². The fourth-order valence-electron chi connectivity index (χ4n) is 2.67. The van der Waals surface area contributed by atoms with Crippen LogP contribution in [0.25, 0.3) is 0 Å². The molecule has 0 aromatic heterocycles. The minimum Gasteiger partial charge on any atom is -0.422 e. The molecule has 0 saturated carbocycles. The average molecular weight is 454 g/mol. The number of halogens is 6. The van der Waals surface area contributed by atoms with Crippen LogP contribution in [0.1, 0.15) is 31.8 Å². The van der Waals surface area contributed by atoms with Crippen LogP contribution < -0.4 is 9.47 Å². The van der Waals surface area contributed by atoms with E-state index in [-0.39, 0.29) is 11.1 Å². The highest BCUT2D eigenvalue weighted by Gasteiger charge is 2.35. The van der Waals surface area contributed by atoms with Crippen LogP contribution in [0.3, 0.4) is 0 Å². The summed E-state index contributed by atoms with van der Waals surface area (Å²) in [6.45, 7) is 0. The van der Waals surface area contributed by atoms with Crippen LogP contribution in [-0.2, 0) is 12.4 Å². The summed E-state index contributed by atoms with van der Waals surface area (Å²) >= 11 is 0. The second kappa shape index (κ2) is 8.74. The van der Waals surface area contributed by atoms with Crippen molar-refractivity contribution < 1.29 is 45.4 Å². The van der Waals surface area contributed by atoms with E-state index in [0.717, 1.165) is 42.5 Å². The Hall–Kier alpha value is -3.82. The molecule has 0 saturated heterocycles. The van der Waals surface area contributed by atoms with Crippen molar-refractivity contribution in [3.8, 4) is 11.5 Å². The lowest BCUT2D eigenvalue weighted by Gasteiger charge is -2.13. The van der Waals surface area contributed by atoms with Crippen LogP contribution in [0.2, 0.25) is 0 Å². The molecule has 0 aliphatic heterocycles. The van der Waals surface area contributed by atoms with Crippen molar-refractivity contribution in [3.63, 3.8) is 0 Å². The zero-order valence-electron chi connectivity index (χ0n) is 15.8. The lowest BCUT2D eigenvalue weighted by Crippen LogP contribution is -2.16. The first-order valence-electron chi connectivity index (χ1n) is 8.83. The fraction of sp³-hybridized carbons (Fsp3) is 0.0909. The SMILES string of the molecule is O=C(Oc1ccccc1C(F)(F)F)c1cccc(C(=O)Oc2ccccc2C(F)(F)F)c1. The molecule has 0 aliphatic carbocycles. The van der Waals surface area contributed by atoms with Crippen molar-refractivity contribution in [2.24, 2.45) is 0 Å². The Morgan fingerprint density at radius 1 is 0.562 bits per heavy atom. The number of alkyl halides is 6. The fourth-order valence-corrected chi connectivity index (χ4v) is 2.67. The summed E-state index contributed by atoms with van der Waals surface area (Å²) in [4.78, 5) is 24.6. The van der Waals surface area contributed by atoms with E-state index in [9.17, 15) is 35.9 Å². The number of rotatable bonds is 4. The first-order chi connectivity index (χ1) is 15.0. The molecule has 0 spiro atoms. The molecule has 0 radical (unpaired) electrons. The number of carbonyl (C=O) groups excluding carboxylic acids is 2. The van der Waals surface area contributed by atoms with E-state index >= 15 is 0 Å². The number of hydrogen-bond donors (Lipinski definition) is 0. The number of benzene rings is 3. The molecule has 166 valence electrons. The van der Waals surface area contributed by atoms with Crippen LogP contribution >= 0.6 is 0 Å². The molecule has 0 heterocycles. The Kier molecular flexibility index (Phi) is 6.24. The van der Waals surface area contributed by atoms with Crippen LogP contribution in [0.4, 0.5) is 26.3 Å². The van der Waals surface area contributed by atoms with Gasteiger partial charge in [0.25, 0.3) is 0 Å². The lowest BCUT2D eigenvalue weighted by molar-refractivity contribution is -0.139. The summed E-state index contributed by atoms with van der Waals surface area (Å²) in [6.07, 6.45) is -9.54. The number of ether oxygens (including phenoxy) is 2. The molecule has 3 aromatic carbocycles. The summed E-state index contributed by atoms with van der Waals surface area (Å²) < 4.78 is 88.0. The van der Waals surface area contributed by atoms with Crippen molar-refractivity contribution in [2.45, 2.75) is 12.4 Å². The molecule has 3 aromatic rings. The second-order valence-electron chi connectivity index (χ2n) is 6.35. The Bertz CT molecular complexity index is 1060. The quantitative estimate of drug-likeness (QED) is 0.269. The molecule has 0 atom stereocenters. The van der Waals surface area contributed by atoms with Crippen molar-refractivity contribution in [3.05, 3.63) is 95.1 Å². The van der Waals surface area contributed by atoms with Crippen LogP contribution in [-0.4, -0.2) is 11.9 Å². The molecule has 10 heteroatoms. The third kappa shape index (κ3) is 5.26. The third-order valence-electron chi connectivity index (χ3n) is 4.12. The first kappa shape index (κ1) is 22.9. The largest absolute Gasteiger partial charge is 0.422 e. The topological polar surface area (TPSA) is 52.6 Å². The molecule has 0 bridgehead atoms. The Morgan fingerprint density at radius 2 is 0.938 bits per heavy atom. The first-order valence-corrected chi connectivity index (χ1v) is 8.83. The van der Waals surface area contributed by atoms with Gasteiger partial charge in [-0.1, -0.05) is 30.3 Å². The third-order valence-corrected chi connectivity index (χ3v) is 4.12. The van der Waals surface area contributed by atoms with Gasteiger partial charge in [0.1, 0.15) is 11.5 Å². The Balaban J connectivity index is 1.82.